The predicted octanol–water partition coefficient (Wildman–Crippen LogP) is 6.45. The van der Waals surface area contributed by atoms with Gasteiger partial charge in [0.2, 0.25) is 0 Å². The number of fused-ring (bicyclic) bond motifs is 1. The minimum absolute atomic E-state index is 0.171. The zero-order chi connectivity index (χ0) is 18.2. The van der Waals surface area contributed by atoms with Gasteiger partial charge >= 0.3 is 0 Å². The second-order valence-corrected chi connectivity index (χ2v) is 11.8. The molecule has 1 aromatic carbocycles. The van der Waals surface area contributed by atoms with E-state index in [2.05, 4.69) is 34.6 Å². The first-order valence-corrected chi connectivity index (χ1v) is 11.4. The van der Waals surface area contributed by atoms with Crippen LogP contribution in [0, 0.1) is 29.1 Å². The SMILES string of the molecule is C[C@H](CC(C)(C)S(=O)c1ccccc1)C1CCC2[C@@H](C)CCC[C@]12C. The van der Waals surface area contributed by atoms with Gasteiger partial charge in [0.25, 0.3) is 0 Å². The second-order valence-electron chi connectivity index (χ2n) is 9.69. The Bertz CT molecular complexity index is 608. The van der Waals surface area contributed by atoms with Gasteiger partial charge in [0.15, 0.2) is 0 Å². The van der Waals surface area contributed by atoms with Gasteiger partial charge in [-0.1, -0.05) is 51.8 Å². The molecule has 2 heteroatoms. The second kappa shape index (κ2) is 7.18. The van der Waals surface area contributed by atoms with Crippen molar-refractivity contribution in [3.8, 4) is 0 Å². The quantitative estimate of drug-likeness (QED) is 0.589. The van der Waals surface area contributed by atoms with Gasteiger partial charge < -0.3 is 0 Å². The van der Waals surface area contributed by atoms with Gasteiger partial charge in [0, 0.05) is 9.64 Å². The molecule has 2 fully saturated rings. The molecule has 0 bridgehead atoms. The molecule has 0 amide bonds. The van der Waals surface area contributed by atoms with Gasteiger partial charge in [-0.05, 0) is 80.8 Å². The van der Waals surface area contributed by atoms with Crippen LogP contribution in [0.15, 0.2) is 35.2 Å². The molecule has 25 heavy (non-hydrogen) atoms. The van der Waals surface area contributed by atoms with Crippen molar-refractivity contribution in [2.24, 2.45) is 29.1 Å². The number of rotatable bonds is 5. The van der Waals surface area contributed by atoms with Crippen molar-refractivity contribution in [3.63, 3.8) is 0 Å². The first kappa shape index (κ1) is 19.1. The van der Waals surface area contributed by atoms with E-state index in [0.29, 0.717) is 11.3 Å². The Balaban J connectivity index is 1.73. The summed E-state index contributed by atoms with van der Waals surface area (Å²) >= 11 is 0. The first-order chi connectivity index (χ1) is 11.8. The lowest BCUT2D eigenvalue weighted by Gasteiger charge is -2.46. The minimum Gasteiger partial charge on any atom is -0.254 e. The Morgan fingerprint density at radius 1 is 1.20 bits per heavy atom. The zero-order valence-electron chi connectivity index (χ0n) is 16.8. The van der Waals surface area contributed by atoms with Gasteiger partial charge in [0.05, 0.1) is 10.8 Å². The molecular formula is C23H36OS. The van der Waals surface area contributed by atoms with E-state index >= 15 is 0 Å². The van der Waals surface area contributed by atoms with Crippen LogP contribution in [0.4, 0.5) is 0 Å². The Morgan fingerprint density at radius 2 is 1.88 bits per heavy atom. The van der Waals surface area contributed by atoms with E-state index in [1.807, 2.05) is 30.3 Å². The highest BCUT2D eigenvalue weighted by atomic mass is 32.2. The molecule has 3 unspecified atom stereocenters. The summed E-state index contributed by atoms with van der Waals surface area (Å²) in [7, 11) is -0.945. The summed E-state index contributed by atoms with van der Waals surface area (Å²) in [5.41, 5.74) is 0.515. The van der Waals surface area contributed by atoms with E-state index in [9.17, 15) is 4.21 Å². The fourth-order valence-electron chi connectivity index (χ4n) is 6.40. The van der Waals surface area contributed by atoms with Crippen LogP contribution in [0.3, 0.4) is 0 Å². The molecule has 6 atom stereocenters. The van der Waals surface area contributed by atoms with Crippen LogP contribution in [0.5, 0.6) is 0 Å². The lowest BCUT2D eigenvalue weighted by molar-refractivity contribution is 0.0336. The molecule has 0 aromatic heterocycles. The Labute approximate surface area is 157 Å². The summed E-state index contributed by atoms with van der Waals surface area (Å²) in [6.07, 6.45) is 8.06. The predicted molar refractivity (Wildman–Crippen MR) is 108 cm³/mol. The largest absolute Gasteiger partial charge is 0.254 e. The van der Waals surface area contributed by atoms with Crippen LogP contribution in [0.1, 0.15) is 73.1 Å². The van der Waals surface area contributed by atoms with Crippen molar-refractivity contribution in [2.75, 3.05) is 0 Å². The molecule has 0 radical (unpaired) electrons. The molecule has 2 aliphatic rings. The van der Waals surface area contributed by atoms with Crippen LogP contribution >= 0.6 is 0 Å². The topological polar surface area (TPSA) is 17.1 Å². The van der Waals surface area contributed by atoms with Crippen LogP contribution in [0.25, 0.3) is 0 Å². The van der Waals surface area contributed by atoms with E-state index in [-0.39, 0.29) is 4.75 Å². The van der Waals surface area contributed by atoms with Crippen molar-refractivity contribution in [2.45, 2.75) is 82.8 Å². The first-order valence-electron chi connectivity index (χ1n) is 10.2. The van der Waals surface area contributed by atoms with Crippen molar-refractivity contribution in [1.82, 2.24) is 0 Å². The highest BCUT2D eigenvalue weighted by molar-refractivity contribution is 7.86. The smallest absolute Gasteiger partial charge is 0.0586 e. The van der Waals surface area contributed by atoms with Gasteiger partial charge in [-0.25, -0.2) is 0 Å². The van der Waals surface area contributed by atoms with Crippen LogP contribution < -0.4 is 0 Å². The number of hydrogen-bond acceptors (Lipinski definition) is 1. The van der Waals surface area contributed by atoms with Crippen LogP contribution in [-0.4, -0.2) is 8.96 Å². The number of benzene rings is 1. The highest BCUT2D eigenvalue weighted by Crippen LogP contribution is 2.60. The summed E-state index contributed by atoms with van der Waals surface area (Å²) in [5.74, 6) is 3.24. The molecule has 1 aromatic rings. The Kier molecular flexibility index (Phi) is 5.49. The van der Waals surface area contributed by atoms with Crippen molar-refractivity contribution in [3.05, 3.63) is 30.3 Å². The summed E-state index contributed by atoms with van der Waals surface area (Å²) < 4.78 is 13.0. The molecule has 3 rings (SSSR count). The third-order valence-electron chi connectivity index (χ3n) is 7.50. The summed E-state index contributed by atoms with van der Waals surface area (Å²) in [5, 5.41) is 0. The van der Waals surface area contributed by atoms with Gasteiger partial charge in [-0.2, -0.15) is 0 Å². The molecule has 140 valence electrons. The molecule has 0 spiro atoms. The lowest BCUT2D eigenvalue weighted by atomic mass is 9.59. The average molecular weight is 361 g/mol. The monoisotopic (exact) mass is 360 g/mol. The van der Waals surface area contributed by atoms with Crippen molar-refractivity contribution >= 4 is 10.8 Å². The van der Waals surface area contributed by atoms with Crippen molar-refractivity contribution in [1.29, 1.82) is 0 Å². The summed E-state index contributed by atoms with van der Waals surface area (Å²) in [4.78, 5) is 0.974. The maximum atomic E-state index is 13.1. The highest BCUT2D eigenvalue weighted by Gasteiger charge is 2.52. The fraction of sp³-hybridized carbons (Fsp3) is 0.739. The van der Waals surface area contributed by atoms with E-state index in [1.165, 1.54) is 32.1 Å². The van der Waals surface area contributed by atoms with E-state index in [1.54, 1.807) is 0 Å². The van der Waals surface area contributed by atoms with Crippen molar-refractivity contribution < 1.29 is 4.21 Å². The standard InChI is InChI=1S/C23H36OS/c1-17-10-9-15-23(5)20(17)13-14-21(23)18(2)16-22(3,4)25(24)19-11-7-6-8-12-19/h6-8,11-12,17-18,20-21H,9-10,13-16H2,1-5H3/t17-,18+,20?,21?,23-,25?/m0/s1. The Morgan fingerprint density at radius 3 is 2.56 bits per heavy atom. The van der Waals surface area contributed by atoms with Gasteiger partial charge in [-0.15, -0.1) is 0 Å². The van der Waals surface area contributed by atoms with Crippen LogP contribution in [-0.2, 0) is 10.8 Å². The summed E-state index contributed by atoms with van der Waals surface area (Å²) in [6, 6.07) is 10.0. The third-order valence-corrected chi connectivity index (χ3v) is 9.37. The fourth-order valence-corrected chi connectivity index (χ4v) is 7.85. The molecular weight excluding hydrogens is 324 g/mol. The Hall–Kier alpha value is -0.630. The molecule has 0 saturated heterocycles. The maximum absolute atomic E-state index is 13.1. The minimum atomic E-state index is -0.945. The van der Waals surface area contributed by atoms with E-state index < -0.39 is 10.8 Å². The molecule has 2 aliphatic carbocycles. The molecule has 0 heterocycles. The van der Waals surface area contributed by atoms with Crippen LogP contribution in [0.2, 0.25) is 0 Å². The van der Waals surface area contributed by atoms with Gasteiger partial charge in [-0.3, -0.25) is 4.21 Å². The average Bonchev–Trinajstić information content (AvgIpc) is 2.93. The van der Waals surface area contributed by atoms with Gasteiger partial charge in [0.1, 0.15) is 0 Å². The third kappa shape index (κ3) is 3.61. The summed E-state index contributed by atoms with van der Waals surface area (Å²) in [6.45, 7) is 11.9. The molecule has 2 saturated carbocycles. The van der Waals surface area contributed by atoms with E-state index in [4.69, 9.17) is 0 Å². The zero-order valence-corrected chi connectivity index (χ0v) is 17.6. The molecule has 0 N–H and O–H groups in total. The molecule has 1 nitrogen and oxygen atoms in total. The maximum Gasteiger partial charge on any atom is 0.0586 e. The normalized spacial score (nSPS) is 35.2. The van der Waals surface area contributed by atoms with E-state index in [0.717, 1.165) is 29.1 Å². The lowest BCUT2D eigenvalue weighted by Crippen LogP contribution is -2.40. The number of hydrogen-bond donors (Lipinski definition) is 0. The molecule has 0 aliphatic heterocycles.